The zero-order valence-electron chi connectivity index (χ0n) is 11.9. The van der Waals surface area contributed by atoms with Crippen LogP contribution in [0.25, 0.3) is 0 Å². The van der Waals surface area contributed by atoms with Crippen molar-refractivity contribution in [1.82, 2.24) is 4.90 Å². The van der Waals surface area contributed by atoms with E-state index in [9.17, 15) is 13.2 Å². The lowest BCUT2D eigenvalue weighted by molar-refractivity contribution is -0.138. The van der Waals surface area contributed by atoms with E-state index in [1.807, 2.05) is 19.0 Å². The molecule has 1 aliphatic carbocycles. The van der Waals surface area contributed by atoms with Gasteiger partial charge in [-0.15, -0.1) is 0 Å². The van der Waals surface area contributed by atoms with Gasteiger partial charge in [-0.2, -0.15) is 13.2 Å². The van der Waals surface area contributed by atoms with Crippen LogP contribution in [0.3, 0.4) is 0 Å². The van der Waals surface area contributed by atoms with E-state index in [4.69, 9.17) is 5.73 Å². The van der Waals surface area contributed by atoms with Gasteiger partial charge in [-0.25, -0.2) is 0 Å². The van der Waals surface area contributed by atoms with Crippen molar-refractivity contribution < 1.29 is 13.2 Å². The van der Waals surface area contributed by atoms with E-state index >= 15 is 0 Å². The summed E-state index contributed by atoms with van der Waals surface area (Å²) in [6.07, 6.45) is -0.652. The van der Waals surface area contributed by atoms with Gasteiger partial charge in [0.1, 0.15) is 0 Å². The smallest absolute Gasteiger partial charge is 0.322 e. The normalized spacial score (nSPS) is 20.4. The number of nitrogens with zero attached hydrogens (tertiary/aromatic N) is 1. The summed E-state index contributed by atoms with van der Waals surface area (Å²) >= 11 is 0. The molecule has 1 aromatic rings. The number of likely N-dealkylation sites (N-methyl/N-ethyl adjacent to an activating group) is 1. The molecule has 20 heavy (non-hydrogen) atoms. The van der Waals surface area contributed by atoms with Crippen LogP contribution in [0.2, 0.25) is 0 Å². The highest BCUT2D eigenvalue weighted by Gasteiger charge is 2.45. The van der Waals surface area contributed by atoms with E-state index in [1.54, 1.807) is 6.07 Å². The fraction of sp³-hybridized carbons (Fsp3) is 0.600. The predicted molar refractivity (Wildman–Crippen MR) is 73.3 cm³/mol. The molecule has 0 heterocycles. The summed E-state index contributed by atoms with van der Waals surface area (Å²) in [5.41, 5.74) is 5.51. The van der Waals surface area contributed by atoms with E-state index in [-0.39, 0.29) is 11.1 Å². The van der Waals surface area contributed by atoms with Crippen LogP contribution in [0.5, 0.6) is 0 Å². The lowest BCUT2D eigenvalue weighted by Gasteiger charge is -2.42. The Kier molecular flexibility index (Phi) is 4.12. The molecular weight excluding hydrogens is 265 g/mol. The maximum absolute atomic E-state index is 13.2. The Labute approximate surface area is 117 Å². The van der Waals surface area contributed by atoms with Gasteiger partial charge in [-0.1, -0.05) is 31.0 Å². The largest absolute Gasteiger partial charge is 0.416 e. The van der Waals surface area contributed by atoms with E-state index < -0.39 is 17.8 Å². The first-order chi connectivity index (χ1) is 9.29. The van der Waals surface area contributed by atoms with Crippen LogP contribution in [0.15, 0.2) is 24.3 Å². The number of hydrogen-bond acceptors (Lipinski definition) is 2. The van der Waals surface area contributed by atoms with Crippen LogP contribution < -0.4 is 5.73 Å². The lowest BCUT2D eigenvalue weighted by Crippen LogP contribution is -2.50. The highest BCUT2D eigenvalue weighted by atomic mass is 19.4. The van der Waals surface area contributed by atoms with Crippen molar-refractivity contribution in [3.8, 4) is 0 Å². The standard InChI is InChI=1S/C15H21F3N2/c1-20(2)14(9-5-6-10-14)13(19)11-7-3-4-8-12(11)15(16,17)18/h3-4,7-8,13H,5-6,9-10,19H2,1-2H3. The topological polar surface area (TPSA) is 29.3 Å². The van der Waals surface area contributed by atoms with Gasteiger partial charge >= 0.3 is 6.18 Å². The van der Waals surface area contributed by atoms with E-state index in [2.05, 4.69) is 0 Å². The lowest BCUT2D eigenvalue weighted by atomic mass is 9.81. The molecule has 0 aliphatic heterocycles. The third kappa shape index (κ3) is 2.56. The Morgan fingerprint density at radius 2 is 1.70 bits per heavy atom. The number of halogens is 3. The van der Waals surface area contributed by atoms with Gasteiger partial charge in [0.25, 0.3) is 0 Å². The van der Waals surface area contributed by atoms with Crippen LogP contribution in [0.4, 0.5) is 13.2 Å². The second-order valence-electron chi connectivity index (χ2n) is 5.77. The van der Waals surface area contributed by atoms with Crippen LogP contribution >= 0.6 is 0 Å². The Morgan fingerprint density at radius 3 is 2.20 bits per heavy atom. The molecule has 0 spiro atoms. The molecule has 2 rings (SSSR count). The molecule has 112 valence electrons. The molecule has 0 bridgehead atoms. The minimum absolute atomic E-state index is 0.204. The second-order valence-corrected chi connectivity index (χ2v) is 5.77. The summed E-state index contributed by atoms with van der Waals surface area (Å²) < 4.78 is 39.5. The third-order valence-corrected chi connectivity index (χ3v) is 4.54. The van der Waals surface area contributed by atoms with E-state index in [0.717, 1.165) is 31.7 Å². The first-order valence-corrected chi connectivity index (χ1v) is 6.88. The summed E-state index contributed by atoms with van der Waals surface area (Å²) in [7, 11) is 3.81. The molecule has 1 saturated carbocycles. The summed E-state index contributed by atoms with van der Waals surface area (Å²) in [5, 5.41) is 0. The van der Waals surface area contributed by atoms with Crippen molar-refractivity contribution in [1.29, 1.82) is 0 Å². The summed E-state index contributed by atoms with van der Waals surface area (Å²) in [5.74, 6) is 0. The summed E-state index contributed by atoms with van der Waals surface area (Å²) in [6, 6.07) is 5.04. The first-order valence-electron chi connectivity index (χ1n) is 6.88. The van der Waals surface area contributed by atoms with Gasteiger partial charge in [0.15, 0.2) is 0 Å². The van der Waals surface area contributed by atoms with Gasteiger partial charge in [0.05, 0.1) is 5.56 Å². The minimum Gasteiger partial charge on any atom is -0.322 e. The zero-order chi connectivity index (χ0) is 15.0. The van der Waals surface area contributed by atoms with Crippen molar-refractivity contribution in [2.45, 2.75) is 43.4 Å². The fourth-order valence-corrected chi connectivity index (χ4v) is 3.34. The molecule has 1 atom stereocenters. The highest BCUT2D eigenvalue weighted by molar-refractivity contribution is 5.34. The van der Waals surface area contributed by atoms with Gasteiger partial charge < -0.3 is 10.6 Å². The monoisotopic (exact) mass is 286 g/mol. The van der Waals surface area contributed by atoms with Gasteiger partial charge in [0.2, 0.25) is 0 Å². The molecule has 1 aliphatic rings. The summed E-state index contributed by atoms with van der Waals surface area (Å²) in [4.78, 5) is 2.00. The number of rotatable bonds is 3. The average Bonchev–Trinajstić information content (AvgIpc) is 2.87. The molecule has 2 N–H and O–H groups in total. The molecule has 0 amide bonds. The Balaban J connectivity index is 2.45. The minimum atomic E-state index is -4.36. The number of hydrogen-bond donors (Lipinski definition) is 1. The number of alkyl halides is 3. The van der Waals surface area contributed by atoms with E-state index in [0.29, 0.717) is 0 Å². The van der Waals surface area contributed by atoms with Crippen molar-refractivity contribution >= 4 is 0 Å². The highest BCUT2D eigenvalue weighted by Crippen LogP contribution is 2.45. The van der Waals surface area contributed by atoms with Crippen LogP contribution in [-0.4, -0.2) is 24.5 Å². The molecule has 2 nitrogen and oxygen atoms in total. The molecule has 0 aromatic heterocycles. The van der Waals surface area contributed by atoms with E-state index in [1.165, 1.54) is 12.1 Å². The van der Waals surface area contributed by atoms with Crippen molar-refractivity contribution in [2.75, 3.05) is 14.1 Å². The second kappa shape index (κ2) is 5.37. The maximum atomic E-state index is 13.2. The Morgan fingerprint density at radius 1 is 1.15 bits per heavy atom. The Bertz CT molecular complexity index is 462. The zero-order valence-corrected chi connectivity index (χ0v) is 11.9. The summed E-state index contributed by atoms with van der Waals surface area (Å²) in [6.45, 7) is 0. The number of nitrogens with two attached hydrogens (primary N) is 1. The molecule has 1 fully saturated rings. The van der Waals surface area contributed by atoms with Gasteiger partial charge in [-0.05, 0) is 38.6 Å². The molecule has 0 radical (unpaired) electrons. The maximum Gasteiger partial charge on any atom is 0.416 e. The molecule has 0 saturated heterocycles. The SMILES string of the molecule is CN(C)C1(C(N)c2ccccc2C(F)(F)F)CCCC1. The molecular formula is C15H21F3N2. The predicted octanol–water partition coefficient (Wildman–Crippen LogP) is 3.58. The van der Waals surface area contributed by atoms with Crippen molar-refractivity contribution in [2.24, 2.45) is 5.73 Å². The molecule has 1 aromatic carbocycles. The van der Waals surface area contributed by atoms with Crippen molar-refractivity contribution in [3.63, 3.8) is 0 Å². The molecule has 1 unspecified atom stereocenters. The van der Waals surface area contributed by atoms with Gasteiger partial charge in [-0.3, -0.25) is 0 Å². The average molecular weight is 286 g/mol. The van der Waals surface area contributed by atoms with Crippen LogP contribution in [-0.2, 0) is 6.18 Å². The van der Waals surface area contributed by atoms with Crippen LogP contribution in [0.1, 0.15) is 42.9 Å². The first kappa shape index (κ1) is 15.3. The molecule has 5 heteroatoms. The third-order valence-electron chi connectivity index (χ3n) is 4.54. The quantitative estimate of drug-likeness (QED) is 0.920. The van der Waals surface area contributed by atoms with Gasteiger partial charge in [0, 0.05) is 11.6 Å². The number of benzene rings is 1. The Hall–Kier alpha value is -1.07. The van der Waals surface area contributed by atoms with Crippen molar-refractivity contribution in [3.05, 3.63) is 35.4 Å². The van der Waals surface area contributed by atoms with Crippen LogP contribution in [0, 0.1) is 0 Å². The fourth-order valence-electron chi connectivity index (χ4n) is 3.34.